The number of nitrogens with two attached hydrogens (primary N) is 1. The van der Waals surface area contributed by atoms with E-state index in [1.54, 1.807) is 0 Å². The summed E-state index contributed by atoms with van der Waals surface area (Å²) in [6.07, 6.45) is 3.71. The van der Waals surface area contributed by atoms with E-state index in [4.69, 9.17) is 10.2 Å². The summed E-state index contributed by atoms with van der Waals surface area (Å²) in [6.45, 7) is -0.219. The van der Waals surface area contributed by atoms with Crippen molar-refractivity contribution in [3.63, 3.8) is 0 Å². The summed E-state index contributed by atoms with van der Waals surface area (Å²) >= 11 is 0. The number of anilines is 1. The van der Waals surface area contributed by atoms with Crippen LogP contribution in [0.2, 0.25) is 0 Å². The van der Waals surface area contributed by atoms with Gasteiger partial charge in [-0.2, -0.15) is 0 Å². The summed E-state index contributed by atoms with van der Waals surface area (Å²) in [7, 11) is 0. The largest absolute Gasteiger partial charge is 0.443 e. The molecule has 34 heavy (non-hydrogen) atoms. The first-order valence-electron chi connectivity index (χ1n) is 10.2. The van der Waals surface area contributed by atoms with Crippen LogP contribution in [0, 0.1) is 11.6 Å². The van der Waals surface area contributed by atoms with Gasteiger partial charge in [0.05, 0.1) is 12.8 Å². The number of nitrogens with zero attached hydrogens (tertiary/aromatic N) is 4. The average Bonchev–Trinajstić information content (AvgIpc) is 3.35. The van der Waals surface area contributed by atoms with E-state index in [0.29, 0.717) is 5.56 Å². The molecule has 0 saturated heterocycles. The van der Waals surface area contributed by atoms with Crippen LogP contribution in [0.1, 0.15) is 22.5 Å². The lowest BCUT2D eigenvalue weighted by Gasteiger charge is -2.12. The van der Waals surface area contributed by atoms with Crippen LogP contribution in [0.3, 0.4) is 0 Å². The molecule has 4 rings (SSSR count). The second-order valence-corrected chi connectivity index (χ2v) is 7.29. The Morgan fingerprint density at radius 1 is 1.12 bits per heavy atom. The third-order valence-corrected chi connectivity index (χ3v) is 5.08. The number of nitrogen functional groups attached to an aromatic ring is 1. The van der Waals surface area contributed by atoms with E-state index in [1.807, 2.05) is 0 Å². The first-order chi connectivity index (χ1) is 16.4. The molecule has 0 atom stereocenters. The van der Waals surface area contributed by atoms with Crippen molar-refractivity contribution < 1.29 is 23.1 Å². The van der Waals surface area contributed by atoms with Crippen molar-refractivity contribution in [2.45, 2.75) is 19.4 Å². The Morgan fingerprint density at radius 3 is 2.56 bits per heavy atom. The van der Waals surface area contributed by atoms with Crippen molar-refractivity contribution in [2.75, 3.05) is 12.3 Å². The first-order valence-corrected chi connectivity index (χ1v) is 10.2. The number of pyridine rings is 1. The van der Waals surface area contributed by atoms with Crippen LogP contribution in [-0.4, -0.2) is 37.0 Å². The lowest BCUT2D eigenvalue weighted by atomic mass is 10.0. The number of aromatic nitrogens is 4. The summed E-state index contributed by atoms with van der Waals surface area (Å²) in [5, 5.41) is 9.23. The number of carbonyl (C=O) groups is 1. The number of hydrogen-bond acceptors (Lipinski definition) is 8. The lowest BCUT2D eigenvalue weighted by Crippen LogP contribution is -2.20. The van der Waals surface area contributed by atoms with Gasteiger partial charge in [0.25, 0.3) is 5.56 Å². The summed E-state index contributed by atoms with van der Waals surface area (Å²) in [4.78, 5) is 37.7. The number of oxazole rings is 1. The molecule has 1 aromatic carbocycles. The number of carbonyl (C=O) groups excluding carboxylic acids is 1. The van der Waals surface area contributed by atoms with Crippen LogP contribution in [0.4, 0.5) is 14.6 Å². The zero-order valence-electron chi connectivity index (χ0n) is 17.7. The minimum atomic E-state index is -0.752. The van der Waals surface area contributed by atoms with Crippen LogP contribution >= 0.6 is 0 Å². The molecule has 0 spiro atoms. The quantitative estimate of drug-likeness (QED) is 0.377. The molecule has 9 nitrogen and oxygen atoms in total. The van der Waals surface area contributed by atoms with E-state index in [-0.39, 0.29) is 65.9 Å². The highest BCUT2D eigenvalue weighted by atomic mass is 19.1. The molecular weight excluding hydrogens is 448 g/mol. The molecular formula is C23H19F2N5O4. The standard InChI is InChI=1S/C23H19F2N5O4/c24-15-2-1-3-16(25)14(15)5-6-17(32)20-22(26)29-21(23-27-8-11-34-23)19(28-20)13-4-7-18(33)30(12-13)9-10-31/h1-4,7-8,11-12,31H,5-6,9-10H2,(H2,26,29). The highest BCUT2D eigenvalue weighted by Gasteiger charge is 2.23. The molecule has 0 aliphatic rings. The van der Waals surface area contributed by atoms with Gasteiger partial charge in [0.2, 0.25) is 5.89 Å². The van der Waals surface area contributed by atoms with Crippen molar-refractivity contribution in [3.8, 4) is 22.8 Å². The van der Waals surface area contributed by atoms with Gasteiger partial charge in [-0.3, -0.25) is 9.59 Å². The highest BCUT2D eigenvalue weighted by Crippen LogP contribution is 2.30. The Bertz CT molecular complexity index is 1380. The van der Waals surface area contributed by atoms with Crippen molar-refractivity contribution >= 4 is 11.6 Å². The van der Waals surface area contributed by atoms with E-state index in [0.717, 1.165) is 12.1 Å². The fraction of sp³-hybridized carbons (Fsp3) is 0.174. The molecule has 0 amide bonds. The monoisotopic (exact) mass is 467 g/mol. The molecule has 0 bridgehead atoms. The number of benzene rings is 1. The van der Waals surface area contributed by atoms with Gasteiger partial charge in [-0.25, -0.2) is 23.7 Å². The van der Waals surface area contributed by atoms with Crippen LogP contribution in [0.25, 0.3) is 22.8 Å². The van der Waals surface area contributed by atoms with Gasteiger partial charge in [-0.15, -0.1) is 0 Å². The number of ketones is 1. The van der Waals surface area contributed by atoms with Gasteiger partial charge in [-0.05, 0) is 24.6 Å². The van der Waals surface area contributed by atoms with E-state index in [9.17, 15) is 23.5 Å². The molecule has 3 aromatic heterocycles. The summed E-state index contributed by atoms with van der Waals surface area (Å²) in [6, 6.07) is 6.23. The molecule has 0 aliphatic heterocycles. The Hall–Kier alpha value is -4.25. The molecule has 4 aromatic rings. The SMILES string of the molecule is Nc1nc(-c2ncco2)c(-c2ccc(=O)n(CCO)c2)nc1C(=O)CCc1c(F)cccc1F. The predicted octanol–water partition coefficient (Wildman–Crippen LogP) is 2.63. The molecule has 0 radical (unpaired) electrons. The first kappa shape index (κ1) is 22.9. The molecule has 0 fully saturated rings. The van der Waals surface area contributed by atoms with Crippen molar-refractivity contribution in [3.05, 3.63) is 82.2 Å². The number of rotatable bonds is 8. The maximum Gasteiger partial charge on any atom is 0.250 e. The zero-order chi connectivity index (χ0) is 24.2. The third-order valence-electron chi connectivity index (χ3n) is 5.08. The Balaban J connectivity index is 1.76. The maximum absolute atomic E-state index is 13.9. The molecule has 3 heterocycles. The summed E-state index contributed by atoms with van der Waals surface area (Å²) in [5.41, 5.74) is 5.94. The van der Waals surface area contributed by atoms with Gasteiger partial charge >= 0.3 is 0 Å². The highest BCUT2D eigenvalue weighted by molar-refractivity contribution is 5.99. The summed E-state index contributed by atoms with van der Waals surface area (Å²) in [5.74, 6) is -2.20. The molecule has 0 aliphatic carbocycles. The van der Waals surface area contributed by atoms with Crippen LogP contribution < -0.4 is 11.3 Å². The van der Waals surface area contributed by atoms with Gasteiger partial charge in [0, 0.05) is 36.4 Å². The van der Waals surface area contributed by atoms with Gasteiger partial charge < -0.3 is 19.8 Å². The zero-order valence-corrected chi connectivity index (χ0v) is 17.7. The molecule has 0 unspecified atom stereocenters. The minimum absolute atomic E-state index is 0.0450. The van der Waals surface area contributed by atoms with E-state index < -0.39 is 17.4 Å². The Labute approximate surface area is 191 Å². The van der Waals surface area contributed by atoms with E-state index in [2.05, 4.69) is 15.0 Å². The fourth-order valence-electron chi connectivity index (χ4n) is 3.43. The normalized spacial score (nSPS) is 11.0. The molecule has 11 heteroatoms. The maximum atomic E-state index is 13.9. The number of hydrogen-bond donors (Lipinski definition) is 2. The van der Waals surface area contributed by atoms with Crippen molar-refractivity contribution in [1.82, 2.24) is 19.5 Å². The van der Waals surface area contributed by atoms with Gasteiger partial charge in [0.1, 0.15) is 29.3 Å². The topological polar surface area (TPSA) is 137 Å². The van der Waals surface area contributed by atoms with Crippen LogP contribution in [0.5, 0.6) is 0 Å². The number of halogens is 2. The van der Waals surface area contributed by atoms with E-state index >= 15 is 0 Å². The van der Waals surface area contributed by atoms with Crippen LogP contribution in [-0.2, 0) is 13.0 Å². The second kappa shape index (κ2) is 9.71. The molecule has 0 saturated carbocycles. The number of Topliss-reactive ketones (excluding diaryl/α,β-unsaturated/α-hetero) is 1. The van der Waals surface area contributed by atoms with E-state index in [1.165, 1.54) is 41.4 Å². The van der Waals surface area contributed by atoms with Crippen LogP contribution in [0.15, 0.2) is 58.2 Å². The third kappa shape index (κ3) is 4.59. The average molecular weight is 467 g/mol. The second-order valence-electron chi connectivity index (χ2n) is 7.29. The van der Waals surface area contributed by atoms with Crippen molar-refractivity contribution in [1.29, 1.82) is 0 Å². The molecule has 3 N–H and O–H groups in total. The lowest BCUT2D eigenvalue weighted by molar-refractivity contribution is 0.0978. The van der Waals surface area contributed by atoms with Crippen molar-refractivity contribution in [2.24, 2.45) is 0 Å². The smallest absolute Gasteiger partial charge is 0.250 e. The number of aliphatic hydroxyl groups is 1. The number of aliphatic hydroxyl groups excluding tert-OH is 1. The van der Waals surface area contributed by atoms with Gasteiger partial charge in [-0.1, -0.05) is 6.07 Å². The predicted molar refractivity (Wildman–Crippen MR) is 118 cm³/mol. The fourth-order valence-corrected chi connectivity index (χ4v) is 3.43. The summed E-state index contributed by atoms with van der Waals surface area (Å²) < 4.78 is 34.5. The Morgan fingerprint density at radius 2 is 1.88 bits per heavy atom. The minimum Gasteiger partial charge on any atom is -0.443 e. The Kier molecular flexibility index (Phi) is 6.55. The van der Waals surface area contributed by atoms with Gasteiger partial charge in [0.15, 0.2) is 17.3 Å². The molecule has 174 valence electrons.